The Morgan fingerprint density at radius 3 is 2.50 bits per heavy atom. The van der Waals surface area contributed by atoms with E-state index in [1.54, 1.807) is 21.0 Å². The van der Waals surface area contributed by atoms with Crippen LogP contribution >= 0.6 is 11.6 Å². The Labute approximate surface area is 191 Å². The summed E-state index contributed by atoms with van der Waals surface area (Å²) in [5, 5.41) is 2.45. The quantitative estimate of drug-likeness (QED) is 0.337. The van der Waals surface area contributed by atoms with Crippen molar-refractivity contribution < 1.29 is 19.0 Å². The van der Waals surface area contributed by atoms with Crippen molar-refractivity contribution in [3.05, 3.63) is 70.4 Å². The van der Waals surface area contributed by atoms with E-state index in [-0.39, 0.29) is 24.5 Å². The van der Waals surface area contributed by atoms with Gasteiger partial charge in [-0.25, -0.2) is 9.78 Å². The van der Waals surface area contributed by atoms with Gasteiger partial charge in [0.1, 0.15) is 11.6 Å². The number of pyridine rings is 1. The number of hydrogen-bond acceptors (Lipinski definition) is 5. The standard InChI is InChI=1S/C25H25ClN2O4/c1-14(2)31-25(29)22-19(13-30-4)21-18-7-5-6-8-20(18)27-23(21)24(28-22)32-15(3)16-9-11-17(26)12-10-16/h5-12,14-15,27H,13H2,1-4H3. The minimum absolute atomic E-state index is 0.191. The first-order chi connectivity index (χ1) is 15.4. The minimum Gasteiger partial charge on any atom is -0.468 e. The van der Waals surface area contributed by atoms with Crippen molar-refractivity contribution in [2.24, 2.45) is 0 Å². The van der Waals surface area contributed by atoms with Gasteiger partial charge in [-0.2, -0.15) is 0 Å². The fourth-order valence-corrected chi connectivity index (χ4v) is 3.86. The van der Waals surface area contributed by atoms with Gasteiger partial charge >= 0.3 is 5.97 Å². The lowest BCUT2D eigenvalue weighted by molar-refractivity contribution is 0.0364. The lowest BCUT2D eigenvalue weighted by Gasteiger charge is -2.18. The third-order valence-electron chi connectivity index (χ3n) is 5.17. The van der Waals surface area contributed by atoms with Crippen molar-refractivity contribution in [3.63, 3.8) is 0 Å². The summed E-state index contributed by atoms with van der Waals surface area (Å²) < 4.78 is 17.2. The van der Waals surface area contributed by atoms with E-state index in [0.717, 1.165) is 21.9 Å². The highest BCUT2D eigenvalue weighted by Gasteiger charge is 2.25. The summed E-state index contributed by atoms with van der Waals surface area (Å²) in [6.07, 6.45) is -0.604. The second kappa shape index (κ2) is 9.18. The molecule has 0 spiro atoms. The van der Waals surface area contributed by atoms with E-state index >= 15 is 0 Å². The molecular weight excluding hydrogens is 428 g/mol. The Hall–Kier alpha value is -3.09. The molecule has 0 aliphatic rings. The lowest BCUT2D eigenvalue weighted by Crippen LogP contribution is -2.17. The van der Waals surface area contributed by atoms with Crippen LogP contribution in [0.15, 0.2) is 48.5 Å². The molecule has 32 heavy (non-hydrogen) atoms. The molecule has 0 bridgehead atoms. The van der Waals surface area contributed by atoms with Gasteiger partial charge in [-0.15, -0.1) is 0 Å². The van der Waals surface area contributed by atoms with Crippen LogP contribution in [0.3, 0.4) is 0 Å². The van der Waals surface area contributed by atoms with Gasteiger partial charge in [-0.05, 0) is 44.5 Å². The number of nitrogens with zero attached hydrogens (tertiary/aromatic N) is 1. The van der Waals surface area contributed by atoms with Crippen LogP contribution in [0.4, 0.5) is 0 Å². The third-order valence-corrected chi connectivity index (χ3v) is 5.43. The Balaban J connectivity index is 1.92. The number of fused-ring (bicyclic) bond motifs is 3. The van der Waals surface area contributed by atoms with Crippen molar-refractivity contribution in [1.82, 2.24) is 9.97 Å². The number of carbonyl (C=O) groups is 1. The highest BCUT2D eigenvalue weighted by atomic mass is 35.5. The summed E-state index contributed by atoms with van der Waals surface area (Å²) in [5.74, 6) is -0.183. The monoisotopic (exact) mass is 452 g/mol. The summed E-state index contributed by atoms with van der Waals surface area (Å²) in [6, 6.07) is 15.3. The van der Waals surface area contributed by atoms with Crippen LogP contribution in [0.2, 0.25) is 5.02 Å². The van der Waals surface area contributed by atoms with E-state index in [1.807, 2.05) is 55.5 Å². The molecule has 6 nitrogen and oxygen atoms in total. The number of rotatable bonds is 7. The normalized spacial score (nSPS) is 12.4. The van der Waals surface area contributed by atoms with E-state index < -0.39 is 5.97 Å². The van der Waals surface area contributed by atoms with Crippen LogP contribution in [0.1, 0.15) is 48.5 Å². The molecule has 7 heteroatoms. The largest absolute Gasteiger partial charge is 0.468 e. The molecule has 0 radical (unpaired) electrons. The van der Waals surface area contributed by atoms with Crippen LogP contribution in [-0.4, -0.2) is 29.2 Å². The van der Waals surface area contributed by atoms with Crippen molar-refractivity contribution >= 4 is 39.4 Å². The molecule has 0 saturated heterocycles. The molecule has 4 rings (SSSR count). The number of aromatic amines is 1. The number of esters is 1. The SMILES string of the molecule is COCc1c(C(=O)OC(C)C)nc(OC(C)c2ccc(Cl)cc2)c2[nH]c3ccccc3c12. The van der Waals surface area contributed by atoms with Gasteiger partial charge in [0.15, 0.2) is 5.69 Å². The average Bonchev–Trinajstić information content (AvgIpc) is 3.15. The predicted octanol–water partition coefficient (Wildman–Crippen LogP) is 6.22. The van der Waals surface area contributed by atoms with Crippen LogP contribution in [-0.2, 0) is 16.1 Å². The van der Waals surface area contributed by atoms with Gasteiger partial charge < -0.3 is 19.2 Å². The zero-order chi connectivity index (χ0) is 22.8. The van der Waals surface area contributed by atoms with Gasteiger partial charge in [0, 0.05) is 34.0 Å². The van der Waals surface area contributed by atoms with Gasteiger partial charge in [-0.1, -0.05) is 41.9 Å². The Kier molecular flexibility index (Phi) is 6.35. The van der Waals surface area contributed by atoms with Gasteiger partial charge in [0.25, 0.3) is 0 Å². The highest BCUT2D eigenvalue weighted by Crippen LogP contribution is 2.37. The number of halogens is 1. The second-order valence-corrected chi connectivity index (χ2v) is 8.30. The van der Waals surface area contributed by atoms with Crippen molar-refractivity contribution in [2.75, 3.05) is 7.11 Å². The second-order valence-electron chi connectivity index (χ2n) is 7.86. The van der Waals surface area contributed by atoms with Crippen LogP contribution in [0, 0.1) is 0 Å². The smallest absolute Gasteiger partial charge is 0.357 e. The number of aromatic nitrogens is 2. The Morgan fingerprint density at radius 2 is 1.81 bits per heavy atom. The van der Waals surface area contributed by atoms with E-state index in [9.17, 15) is 4.79 Å². The number of benzene rings is 2. The van der Waals surface area contributed by atoms with Crippen molar-refractivity contribution in [3.8, 4) is 5.88 Å². The maximum absolute atomic E-state index is 13.0. The number of para-hydroxylation sites is 1. The van der Waals surface area contributed by atoms with Gasteiger partial charge in [-0.3, -0.25) is 0 Å². The molecule has 0 saturated carbocycles. The maximum Gasteiger partial charge on any atom is 0.357 e. The van der Waals surface area contributed by atoms with Gasteiger partial charge in [0.2, 0.25) is 5.88 Å². The summed E-state index contributed by atoms with van der Waals surface area (Å²) >= 11 is 6.02. The highest BCUT2D eigenvalue weighted by molar-refractivity contribution is 6.30. The Bertz CT molecular complexity index is 1260. The molecule has 0 amide bonds. The maximum atomic E-state index is 13.0. The first kappa shape index (κ1) is 22.1. The fraction of sp³-hybridized carbons (Fsp3) is 0.280. The minimum atomic E-state index is -0.511. The summed E-state index contributed by atoms with van der Waals surface area (Å²) in [5.41, 5.74) is 3.42. The van der Waals surface area contributed by atoms with Crippen molar-refractivity contribution in [1.29, 1.82) is 0 Å². The number of carbonyl (C=O) groups excluding carboxylic acids is 1. The van der Waals surface area contributed by atoms with Crippen LogP contribution in [0.5, 0.6) is 5.88 Å². The first-order valence-electron chi connectivity index (χ1n) is 10.4. The molecular formula is C25H25ClN2O4. The molecule has 2 heterocycles. The molecule has 0 fully saturated rings. The summed E-state index contributed by atoms with van der Waals surface area (Å²) in [4.78, 5) is 21.0. The van der Waals surface area contributed by atoms with Crippen LogP contribution < -0.4 is 4.74 Å². The molecule has 0 aliphatic carbocycles. The van der Waals surface area contributed by atoms with E-state index in [1.165, 1.54) is 0 Å². The Morgan fingerprint density at radius 1 is 1.09 bits per heavy atom. The first-order valence-corrected chi connectivity index (χ1v) is 10.8. The van der Waals surface area contributed by atoms with E-state index in [2.05, 4.69) is 9.97 Å². The van der Waals surface area contributed by atoms with Crippen molar-refractivity contribution in [2.45, 2.75) is 39.6 Å². The van der Waals surface area contributed by atoms with Crippen LogP contribution in [0.25, 0.3) is 21.8 Å². The molecule has 166 valence electrons. The number of H-pyrrole nitrogens is 1. The fourth-order valence-electron chi connectivity index (χ4n) is 3.74. The van der Waals surface area contributed by atoms with E-state index in [4.69, 9.17) is 25.8 Å². The molecule has 2 aromatic carbocycles. The molecule has 1 atom stereocenters. The molecule has 0 aliphatic heterocycles. The molecule has 2 aromatic heterocycles. The van der Waals surface area contributed by atoms with E-state index in [0.29, 0.717) is 22.0 Å². The lowest BCUT2D eigenvalue weighted by atomic mass is 10.1. The summed E-state index contributed by atoms with van der Waals surface area (Å²) in [6.45, 7) is 5.74. The zero-order valence-corrected chi connectivity index (χ0v) is 19.2. The zero-order valence-electron chi connectivity index (χ0n) is 18.4. The third kappa shape index (κ3) is 4.29. The molecule has 4 aromatic rings. The number of ether oxygens (including phenoxy) is 3. The topological polar surface area (TPSA) is 73.4 Å². The predicted molar refractivity (Wildman–Crippen MR) is 125 cm³/mol. The molecule has 1 unspecified atom stereocenters. The van der Waals surface area contributed by atoms with Gasteiger partial charge in [0.05, 0.1) is 12.7 Å². The number of methoxy groups -OCH3 is 1. The number of nitrogens with one attached hydrogen (secondary N) is 1. The average molecular weight is 453 g/mol. The summed E-state index contributed by atoms with van der Waals surface area (Å²) in [7, 11) is 1.59. The molecule has 1 N–H and O–H groups in total. The number of hydrogen-bond donors (Lipinski definition) is 1.